The van der Waals surface area contributed by atoms with E-state index in [2.05, 4.69) is 5.32 Å². The smallest absolute Gasteiger partial charge is 0.243 e. The minimum Gasteiger partial charge on any atom is -0.352 e. The summed E-state index contributed by atoms with van der Waals surface area (Å²) in [5.41, 5.74) is 1.50. The molecular formula is C24H28ClFN2O2. The Hall–Kier alpha value is -2.40. The van der Waals surface area contributed by atoms with Crippen molar-refractivity contribution in [3.8, 4) is 0 Å². The molecule has 4 nitrogen and oxygen atoms in total. The molecule has 0 heterocycles. The highest BCUT2D eigenvalue weighted by molar-refractivity contribution is 6.31. The first kappa shape index (κ1) is 22.3. The molecule has 2 aromatic carbocycles. The van der Waals surface area contributed by atoms with E-state index in [4.69, 9.17) is 11.6 Å². The SMILES string of the molecule is CC[C@@H](C(=O)NC1CCCC1)N(Cc1ccc(F)cc1)C(=O)Cc1ccccc1Cl. The lowest BCUT2D eigenvalue weighted by atomic mass is 10.1. The van der Waals surface area contributed by atoms with Crippen LogP contribution in [0, 0.1) is 5.82 Å². The predicted molar refractivity (Wildman–Crippen MR) is 117 cm³/mol. The van der Waals surface area contributed by atoms with E-state index in [1.54, 1.807) is 23.1 Å². The van der Waals surface area contributed by atoms with Gasteiger partial charge in [0.2, 0.25) is 11.8 Å². The van der Waals surface area contributed by atoms with E-state index >= 15 is 0 Å². The van der Waals surface area contributed by atoms with Gasteiger partial charge in [-0.25, -0.2) is 4.39 Å². The maximum Gasteiger partial charge on any atom is 0.243 e. The van der Waals surface area contributed by atoms with Crippen LogP contribution >= 0.6 is 11.6 Å². The van der Waals surface area contributed by atoms with Crippen molar-refractivity contribution in [1.29, 1.82) is 0 Å². The summed E-state index contributed by atoms with van der Waals surface area (Å²) in [5, 5.41) is 3.64. The molecule has 3 rings (SSSR count). The van der Waals surface area contributed by atoms with Gasteiger partial charge in [-0.05, 0) is 48.6 Å². The third-order valence-corrected chi connectivity index (χ3v) is 6.02. The van der Waals surface area contributed by atoms with Gasteiger partial charge in [0.25, 0.3) is 0 Å². The molecule has 2 amide bonds. The van der Waals surface area contributed by atoms with Crippen LogP contribution in [0.3, 0.4) is 0 Å². The van der Waals surface area contributed by atoms with Crippen molar-refractivity contribution in [3.05, 3.63) is 70.5 Å². The van der Waals surface area contributed by atoms with Gasteiger partial charge in [-0.15, -0.1) is 0 Å². The van der Waals surface area contributed by atoms with Crippen molar-refractivity contribution < 1.29 is 14.0 Å². The number of halogens is 2. The van der Waals surface area contributed by atoms with Gasteiger partial charge in [0.05, 0.1) is 6.42 Å². The fourth-order valence-electron chi connectivity index (χ4n) is 3.98. The summed E-state index contributed by atoms with van der Waals surface area (Å²) in [7, 11) is 0. The Morgan fingerprint density at radius 1 is 1.13 bits per heavy atom. The van der Waals surface area contributed by atoms with Crippen LogP contribution < -0.4 is 5.32 Å². The van der Waals surface area contributed by atoms with Crippen LogP contribution in [0.25, 0.3) is 0 Å². The average molecular weight is 431 g/mol. The van der Waals surface area contributed by atoms with E-state index in [-0.39, 0.29) is 36.6 Å². The number of rotatable bonds is 8. The fourth-order valence-corrected chi connectivity index (χ4v) is 4.18. The quantitative estimate of drug-likeness (QED) is 0.648. The Balaban J connectivity index is 1.82. The van der Waals surface area contributed by atoms with Crippen LogP contribution in [0.2, 0.25) is 5.02 Å². The molecule has 30 heavy (non-hydrogen) atoms. The molecule has 0 aliphatic heterocycles. The number of amides is 2. The van der Waals surface area contributed by atoms with Gasteiger partial charge in [0.15, 0.2) is 0 Å². The zero-order valence-electron chi connectivity index (χ0n) is 17.2. The molecule has 1 aliphatic carbocycles. The molecular weight excluding hydrogens is 403 g/mol. The number of hydrogen-bond acceptors (Lipinski definition) is 2. The monoisotopic (exact) mass is 430 g/mol. The number of nitrogens with one attached hydrogen (secondary N) is 1. The molecule has 1 atom stereocenters. The highest BCUT2D eigenvalue weighted by Gasteiger charge is 2.30. The molecule has 1 saturated carbocycles. The number of hydrogen-bond donors (Lipinski definition) is 1. The Bertz CT molecular complexity index is 866. The van der Waals surface area contributed by atoms with E-state index in [1.165, 1.54) is 12.1 Å². The molecule has 0 bridgehead atoms. The molecule has 0 spiro atoms. The molecule has 0 saturated heterocycles. The standard InChI is InChI=1S/C24H28ClFN2O2/c1-2-22(24(30)27-20-8-4-5-9-20)28(16-17-11-13-19(26)14-12-17)23(29)15-18-7-3-6-10-21(18)25/h3,6-7,10-14,20,22H,2,4-5,8-9,15-16H2,1H3,(H,27,30)/t22-/m0/s1. The van der Waals surface area contributed by atoms with Gasteiger partial charge in [-0.1, -0.05) is 61.7 Å². The molecule has 0 aromatic heterocycles. The molecule has 0 radical (unpaired) electrons. The highest BCUT2D eigenvalue weighted by Crippen LogP contribution is 2.21. The van der Waals surface area contributed by atoms with E-state index in [0.29, 0.717) is 11.4 Å². The van der Waals surface area contributed by atoms with Crippen LogP contribution in [0.5, 0.6) is 0 Å². The van der Waals surface area contributed by atoms with E-state index < -0.39 is 6.04 Å². The van der Waals surface area contributed by atoms with Gasteiger partial charge < -0.3 is 10.2 Å². The van der Waals surface area contributed by atoms with Crippen LogP contribution in [0.4, 0.5) is 4.39 Å². The summed E-state index contributed by atoms with van der Waals surface area (Å²) in [6, 6.07) is 12.8. The minimum atomic E-state index is -0.592. The lowest BCUT2D eigenvalue weighted by Gasteiger charge is -2.31. The topological polar surface area (TPSA) is 49.4 Å². The molecule has 1 fully saturated rings. The van der Waals surface area contributed by atoms with Gasteiger partial charge in [-0.2, -0.15) is 0 Å². The summed E-state index contributed by atoms with van der Waals surface area (Å²) in [4.78, 5) is 27.9. The van der Waals surface area contributed by atoms with Crippen molar-refractivity contribution in [2.24, 2.45) is 0 Å². The molecule has 160 valence electrons. The molecule has 1 N–H and O–H groups in total. The lowest BCUT2D eigenvalue weighted by molar-refractivity contribution is -0.141. The van der Waals surface area contributed by atoms with Crippen molar-refractivity contribution in [1.82, 2.24) is 10.2 Å². The minimum absolute atomic E-state index is 0.105. The summed E-state index contributed by atoms with van der Waals surface area (Å²) < 4.78 is 13.3. The third kappa shape index (κ3) is 5.82. The predicted octanol–water partition coefficient (Wildman–Crippen LogP) is 4.89. The van der Waals surface area contributed by atoms with Crippen LogP contribution in [-0.2, 0) is 22.6 Å². The molecule has 0 unspecified atom stereocenters. The lowest BCUT2D eigenvalue weighted by Crippen LogP contribution is -2.51. The summed E-state index contributed by atoms with van der Waals surface area (Å²) in [6.45, 7) is 2.14. The van der Waals surface area contributed by atoms with Crippen molar-refractivity contribution in [2.45, 2.75) is 64.1 Å². The maximum atomic E-state index is 13.3. The second kappa shape index (κ2) is 10.6. The Morgan fingerprint density at radius 3 is 2.43 bits per heavy atom. The normalized spacial score (nSPS) is 15.0. The van der Waals surface area contributed by atoms with Crippen LogP contribution in [0.15, 0.2) is 48.5 Å². The van der Waals surface area contributed by atoms with Crippen molar-refractivity contribution in [3.63, 3.8) is 0 Å². The molecule has 2 aromatic rings. The number of nitrogens with zero attached hydrogens (tertiary/aromatic N) is 1. The summed E-state index contributed by atoms with van der Waals surface area (Å²) in [5.74, 6) is -0.640. The van der Waals surface area contributed by atoms with Crippen molar-refractivity contribution in [2.75, 3.05) is 0 Å². The molecule has 6 heteroatoms. The number of carbonyl (C=O) groups is 2. The van der Waals surface area contributed by atoms with E-state index in [9.17, 15) is 14.0 Å². The Labute approximate surface area is 182 Å². The van der Waals surface area contributed by atoms with Gasteiger partial charge in [-0.3, -0.25) is 9.59 Å². The maximum absolute atomic E-state index is 13.3. The van der Waals surface area contributed by atoms with E-state index in [0.717, 1.165) is 36.8 Å². The second-order valence-corrected chi connectivity index (χ2v) is 8.24. The zero-order chi connectivity index (χ0) is 21.5. The first-order valence-electron chi connectivity index (χ1n) is 10.6. The number of carbonyl (C=O) groups excluding carboxylic acids is 2. The summed E-state index contributed by atoms with van der Waals surface area (Å²) >= 11 is 6.25. The Kier molecular flexibility index (Phi) is 7.86. The van der Waals surface area contributed by atoms with E-state index in [1.807, 2.05) is 25.1 Å². The first-order valence-corrected chi connectivity index (χ1v) is 10.9. The van der Waals surface area contributed by atoms with Gasteiger partial charge in [0, 0.05) is 17.6 Å². The van der Waals surface area contributed by atoms with Crippen LogP contribution in [-0.4, -0.2) is 28.8 Å². The zero-order valence-corrected chi connectivity index (χ0v) is 18.0. The Morgan fingerprint density at radius 2 is 1.80 bits per heavy atom. The largest absolute Gasteiger partial charge is 0.352 e. The number of benzene rings is 2. The highest BCUT2D eigenvalue weighted by atomic mass is 35.5. The van der Waals surface area contributed by atoms with Gasteiger partial charge in [0.1, 0.15) is 11.9 Å². The average Bonchev–Trinajstić information content (AvgIpc) is 3.24. The van der Waals surface area contributed by atoms with Gasteiger partial charge >= 0.3 is 0 Å². The fraction of sp³-hybridized carbons (Fsp3) is 0.417. The first-order chi connectivity index (χ1) is 14.5. The van der Waals surface area contributed by atoms with Crippen LogP contribution in [0.1, 0.15) is 50.2 Å². The second-order valence-electron chi connectivity index (χ2n) is 7.83. The third-order valence-electron chi connectivity index (χ3n) is 5.65. The van der Waals surface area contributed by atoms with Crippen molar-refractivity contribution >= 4 is 23.4 Å². The summed E-state index contributed by atoms with van der Waals surface area (Å²) in [6.07, 6.45) is 4.79. The molecule has 1 aliphatic rings.